The van der Waals surface area contributed by atoms with Gasteiger partial charge in [-0.2, -0.15) is 0 Å². The summed E-state index contributed by atoms with van der Waals surface area (Å²) in [6, 6.07) is 1.37. The van der Waals surface area contributed by atoms with Gasteiger partial charge >= 0.3 is 7.12 Å². The molecule has 1 fully saturated rings. The number of nitrogens with one attached hydrogen (secondary N) is 1. The van der Waals surface area contributed by atoms with Crippen LogP contribution >= 0.6 is 0 Å². The molecule has 4 N–H and O–H groups in total. The molecule has 1 aromatic rings. The van der Waals surface area contributed by atoms with Gasteiger partial charge in [-0.05, 0) is 44.8 Å². The average molecular weight is 292 g/mol. The lowest BCUT2D eigenvalue weighted by Gasteiger charge is -2.32. The number of aromatic nitrogens is 1. The normalized spacial score (nSPS) is 20.8. The Bertz CT molecular complexity index is 606. The molecule has 21 heavy (non-hydrogen) atoms. The first-order valence-corrected chi connectivity index (χ1v) is 6.84. The van der Waals surface area contributed by atoms with Gasteiger partial charge in [0, 0.05) is 12.7 Å². The van der Waals surface area contributed by atoms with Gasteiger partial charge in [-0.1, -0.05) is 6.08 Å². The predicted molar refractivity (Wildman–Crippen MR) is 81.8 cm³/mol. The van der Waals surface area contributed by atoms with Crippen molar-refractivity contribution in [2.24, 2.45) is 5.73 Å². The zero-order valence-electron chi connectivity index (χ0n) is 12.8. The number of aromatic hydroxyl groups is 1. The highest BCUT2D eigenvalue weighted by Crippen LogP contribution is 2.38. The molecule has 0 unspecified atom stereocenters. The number of aromatic amines is 1. The van der Waals surface area contributed by atoms with Crippen molar-refractivity contribution in [3.8, 4) is 5.75 Å². The lowest BCUT2D eigenvalue weighted by molar-refractivity contribution is 0.00578. The molecule has 0 spiro atoms. The number of rotatable bonds is 3. The first kappa shape index (κ1) is 15.8. The van der Waals surface area contributed by atoms with Gasteiger partial charge in [0.1, 0.15) is 0 Å². The first-order chi connectivity index (χ1) is 9.66. The van der Waals surface area contributed by atoms with Crippen molar-refractivity contribution in [3.63, 3.8) is 0 Å². The molecule has 0 radical (unpaired) electrons. The van der Waals surface area contributed by atoms with E-state index >= 15 is 0 Å². The van der Waals surface area contributed by atoms with Gasteiger partial charge in [0.2, 0.25) is 0 Å². The van der Waals surface area contributed by atoms with E-state index in [2.05, 4.69) is 4.98 Å². The summed E-state index contributed by atoms with van der Waals surface area (Å²) < 4.78 is 11.9. The van der Waals surface area contributed by atoms with Crippen LogP contribution in [0, 0.1) is 0 Å². The summed E-state index contributed by atoms with van der Waals surface area (Å²) in [4.78, 5) is 13.6. The highest BCUT2D eigenvalue weighted by atomic mass is 16.7. The van der Waals surface area contributed by atoms with Crippen molar-refractivity contribution in [2.45, 2.75) is 38.9 Å². The molecule has 2 heterocycles. The molecule has 6 nitrogen and oxygen atoms in total. The topological polar surface area (TPSA) is 97.6 Å². The van der Waals surface area contributed by atoms with E-state index in [0.29, 0.717) is 5.56 Å². The molecular formula is C14H21BN2O4. The number of hydrogen-bond acceptors (Lipinski definition) is 5. The zero-order chi connectivity index (χ0) is 15.8. The minimum Gasteiger partial charge on any atom is -0.503 e. The molecule has 7 heteroatoms. The Morgan fingerprint density at radius 3 is 2.43 bits per heavy atom. The van der Waals surface area contributed by atoms with Crippen molar-refractivity contribution in [3.05, 3.63) is 33.7 Å². The maximum absolute atomic E-state index is 11.2. The molecule has 0 saturated carbocycles. The smallest absolute Gasteiger partial charge is 0.491 e. The molecule has 0 amide bonds. The van der Waals surface area contributed by atoms with E-state index in [1.165, 1.54) is 12.3 Å². The van der Waals surface area contributed by atoms with E-state index < -0.39 is 23.9 Å². The van der Waals surface area contributed by atoms with E-state index in [1.807, 2.05) is 27.7 Å². The third kappa shape index (κ3) is 3.05. The van der Waals surface area contributed by atoms with Crippen LogP contribution in [-0.4, -0.2) is 35.0 Å². The number of hydrogen-bond donors (Lipinski definition) is 3. The van der Waals surface area contributed by atoms with Crippen LogP contribution in [0.4, 0.5) is 0 Å². The quantitative estimate of drug-likeness (QED) is 0.723. The molecule has 0 bridgehead atoms. The monoisotopic (exact) mass is 292 g/mol. The van der Waals surface area contributed by atoms with Crippen molar-refractivity contribution < 1.29 is 14.4 Å². The summed E-state index contributed by atoms with van der Waals surface area (Å²) in [7, 11) is -0.547. The summed E-state index contributed by atoms with van der Waals surface area (Å²) in [5.41, 5.74) is 5.72. The molecule has 1 saturated heterocycles. The third-order valence-electron chi connectivity index (χ3n) is 4.05. The van der Waals surface area contributed by atoms with Gasteiger partial charge in [0.15, 0.2) is 5.75 Å². The molecule has 0 aromatic carbocycles. The van der Waals surface area contributed by atoms with E-state index in [0.717, 1.165) is 5.47 Å². The van der Waals surface area contributed by atoms with Crippen LogP contribution in [0.25, 0.3) is 6.08 Å². The zero-order valence-corrected chi connectivity index (χ0v) is 12.8. The van der Waals surface area contributed by atoms with Crippen molar-refractivity contribution in [2.75, 3.05) is 6.54 Å². The Balaban J connectivity index is 2.30. The van der Waals surface area contributed by atoms with Gasteiger partial charge in [-0.3, -0.25) is 4.79 Å². The fourth-order valence-corrected chi connectivity index (χ4v) is 2.00. The molecule has 1 aliphatic heterocycles. The molecule has 1 aromatic heterocycles. The average Bonchev–Trinajstić information content (AvgIpc) is 2.59. The molecule has 0 aliphatic carbocycles. The standard InChI is InChI=1S/C14H21BN2O4/c1-13(2)14(3,4)21-15(20-13)10(7-16)5-9-6-11(18)12(19)17-8-9/h5-6,8,18H,7,16H2,1-4H3,(H,17,19). The molecule has 2 rings (SSSR count). The van der Waals surface area contributed by atoms with Crippen LogP contribution in [0.2, 0.25) is 0 Å². The van der Waals surface area contributed by atoms with Crippen LogP contribution in [-0.2, 0) is 9.31 Å². The van der Waals surface area contributed by atoms with E-state index in [1.54, 1.807) is 6.08 Å². The van der Waals surface area contributed by atoms with Crippen LogP contribution in [0.5, 0.6) is 5.75 Å². The fraction of sp³-hybridized carbons (Fsp3) is 0.500. The number of H-pyrrole nitrogens is 1. The van der Waals surface area contributed by atoms with Gasteiger partial charge in [-0.25, -0.2) is 0 Å². The maximum Gasteiger partial charge on any atom is 0.491 e. The summed E-state index contributed by atoms with van der Waals surface area (Å²) in [5.74, 6) is -0.339. The summed E-state index contributed by atoms with van der Waals surface area (Å²) in [5, 5.41) is 9.45. The second-order valence-electron chi connectivity index (χ2n) is 6.16. The Morgan fingerprint density at radius 2 is 1.95 bits per heavy atom. The fourth-order valence-electron chi connectivity index (χ4n) is 2.00. The Morgan fingerprint density at radius 1 is 1.38 bits per heavy atom. The van der Waals surface area contributed by atoms with Crippen LogP contribution in [0.3, 0.4) is 0 Å². The van der Waals surface area contributed by atoms with Crippen LogP contribution < -0.4 is 11.3 Å². The van der Waals surface area contributed by atoms with Crippen molar-refractivity contribution in [1.29, 1.82) is 0 Å². The van der Waals surface area contributed by atoms with Gasteiger partial charge in [0.05, 0.1) is 11.2 Å². The van der Waals surface area contributed by atoms with Crippen molar-refractivity contribution in [1.82, 2.24) is 4.98 Å². The van der Waals surface area contributed by atoms with Crippen molar-refractivity contribution >= 4 is 13.2 Å². The van der Waals surface area contributed by atoms with E-state index in [9.17, 15) is 9.90 Å². The summed E-state index contributed by atoms with van der Waals surface area (Å²) >= 11 is 0. The second kappa shape index (κ2) is 5.33. The molecule has 0 atom stereocenters. The SMILES string of the molecule is CC1(C)OB(C(=Cc2c[nH]c(=O)c(O)c2)CN)OC1(C)C. The Kier molecular flexibility index (Phi) is 4.01. The van der Waals surface area contributed by atoms with Gasteiger partial charge in [0.25, 0.3) is 5.56 Å². The Labute approximate surface area is 124 Å². The lowest BCUT2D eigenvalue weighted by atomic mass is 9.77. The third-order valence-corrected chi connectivity index (χ3v) is 4.05. The minimum absolute atomic E-state index is 0.247. The molecule has 114 valence electrons. The summed E-state index contributed by atoms with van der Waals surface area (Å²) in [6.45, 7) is 8.11. The number of nitrogens with two attached hydrogens (primary N) is 1. The molecule has 1 aliphatic rings. The Hall–Kier alpha value is -1.57. The van der Waals surface area contributed by atoms with E-state index in [-0.39, 0.29) is 12.3 Å². The second-order valence-corrected chi connectivity index (χ2v) is 6.16. The maximum atomic E-state index is 11.2. The van der Waals surface area contributed by atoms with E-state index in [4.69, 9.17) is 15.0 Å². The largest absolute Gasteiger partial charge is 0.503 e. The number of pyridine rings is 1. The minimum atomic E-state index is -0.547. The summed E-state index contributed by atoms with van der Waals surface area (Å²) in [6.07, 6.45) is 3.25. The van der Waals surface area contributed by atoms with Gasteiger partial charge in [-0.15, -0.1) is 0 Å². The first-order valence-electron chi connectivity index (χ1n) is 6.84. The lowest BCUT2D eigenvalue weighted by Crippen LogP contribution is -2.41. The highest BCUT2D eigenvalue weighted by Gasteiger charge is 2.52. The van der Waals surface area contributed by atoms with Crippen LogP contribution in [0.1, 0.15) is 33.3 Å². The molecular weight excluding hydrogens is 271 g/mol. The van der Waals surface area contributed by atoms with Crippen LogP contribution in [0.15, 0.2) is 22.5 Å². The highest BCUT2D eigenvalue weighted by molar-refractivity contribution is 6.55. The van der Waals surface area contributed by atoms with Gasteiger partial charge < -0.3 is 25.1 Å². The predicted octanol–water partition coefficient (Wildman–Crippen LogP) is 1.05.